The molecule has 94 valence electrons. The van der Waals surface area contributed by atoms with Crippen LogP contribution >= 0.6 is 0 Å². The molecule has 0 aromatic carbocycles. The van der Waals surface area contributed by atoms with Crippen LogP contribution in [-0.4, -0.2) is 36.0 Å². The Bertz CT molecular complexity index is 254. The summed E-state index contributed by atoms with van der Waals surface area (Å²) < 4.78 is 5.11. The Kier molecular flexibility index (Phi) is 3.80. The van der Waals surface area contributed by atoms with Crippen LogP contribution in [0.4, 0.5) is 4.79 Å². The number of amides is 1. The van der Waals surface area contributed by atoms with Crippen LogP contribution in [0.3, 0.4) is 0 Å². The van der Waals surface area contributed by atoms with E-state index in [0.29, 0.717) is 6.54 Å². The van der Waals surface area contributed by atoms with E-state index >= 15 is 0 Å². The van der Waals surface area contributed by atoms with Crippen molar-refractivity contribution in [3.05, 3.63) is 0 Å². The van der Waals surface area contributed by atoms with Crippen molar-refractivity contribution in [2.75, 3.05) is 13.2 Å². The van der Waals surface area contributed by atoms with E-state index in [2.05, 4.69) is 5.32 Å². The van der Waals surface area contributed by atoms with Gasteiger partial charge in [0.2, 0.25) is 0 Å². The van der Waals surface area contributed by atoms with Gasteiger partial charge < -0.3 is 20.9 Å². The molecule has 5 nitrogen and oxygen atoms in total. The summed E-state index contributed by atoms with van der Waals surface area (Å²) in [6.07, 6.45) is 1.05. The fourth-order valence-electron chi connectivity index (χ4n) is 1.96. The molecule has 1 rings (SSSR count). The van der Waals surface area contributed by atoms with Crippen LogP contribution in [0.5, 0.6) is 0 Å². The standard InChI is InChI=1S/C11H22N2O3/c1-10(2,3)16-9(15)13-6-11(7-14)4-8(12)5-11/h8,14H,4-7,12H2,1-3H3,(H,13,15). The van der Waals surface area contributed by atoms with Gasteiger partial charge in [-0.05, 0) is 33.6 Å². The van der Waals surface area contributed by atoms with E-state index in [1.807, 2.05) is 20.8 Å². The van der Waals surface area contributed by atoms with Gasteiger partial charge in [-0.2, -0.15) is 0 Å². The second-order valence-electron chi connectivity index (χ2n) is 5.68. The highest BCUT2D eigenvalue weighted by atomic mass is 16.6. The maximum absolute atomic E-state index is 11.4. The Morgan fingerprint density at radius 1 is 1.56 bits per heavy atom. The topological polar surface area (TPSA) is 84.6 Å². The highest BCUT2D eigenvalue weighted by molar-refractivity contribution is 5.67. The molecular formula is C11H22N2O3. The molecule has 5 heteroatoms. The second-order valence-corrected chi connectivity index (χ2v) is 5.68. The van der Waals surface area contributed by atoms with Crippen molar-refractivity contribution < 1.29 is 14.6 Å². The number of hydrogen-bond acceptors (Lipinski definition) is 4. The molecule has 0 unspecified atom stereocenters. The van der Waals surface area contributed by atoms with Gasteiger partial charge in [-0.3, -0.25) is 0 Å². The average Bonchev–Trinajstić information content (AvgIpc) is 2.07. The maximum atomic E-state index is 11.4. The number of aliphatic hydroxyl groups is 1. The molecule has 0 bridgehead atoms. The molecule has 0 aromatic heterocycles. The zero-order chi connectivity index (χ0) is 12.4. The van der Waals surface area contributed by atoms with Crippen molar-refractivity contribution in [1.82, 2.24) is 5.32 Å². The minimum absolute atomic E-state index is 0.0521. The van der Waals surface area contributed by atoms with Crippen molar-refractivity contribution in [3.63, 3.8) is 0 Å². The number of carbonyl (C=O) groups excluding carboxylic acids is 1. The van der Waals surface area contributed by atoms with Crippen LogP contribution in [0.1, 0.15) is 33.6 Å². The molecule has 0 heterocycles. The van der Waals surface area contributed by atoms with Crippen molar-refractivity contribution in [2.45, 2.75) is 45.3 Å². The zero-order valence-electron chi connectivity index (χ0n) is 10.2. The van der Waals surface area contributed by atoms with Gasteiger partial charge in [0, 0.05) is 18.0 Å². The number of nitrogens with two attached hydrogens (primary N) is 1. The van der Waals surface area contributed by atoms with Crippen molar-refractivity contribution >= 4 is 6.09 Å². The van der Waals surface area contributed by atoms with E-state index in [4.69, 9.17) is 10.5 Å². The lowest BCUT2D eigenvalue weighted by Gasteiger charge is -2.45. The van der Waals surface area contributed by atoms with E-state index in [-0.39, 0.29) is 18.1 Å². The summed E-state index contributed by atoms with van der Waals surface area (Å²) in [4.78, 5) is 11.4. The summed E-state index contributed by atoms with van der Waals surface area (Å²) in [5, 5.41) is 11.9. The van der Waals surface area contributed by atoms with Gasteiger partial charge in [0.15, 0.2) is 0 Å². The highest BCUT2D eigenvalue weighted by Gasteiger charge is 2.42. The van der Waals surface area contributed by atoms with Gasteiger partial charge in [0.05, 0.1) is 6.61 Å². The molecule has 4 N–H and O–H groups in total. The van der Waals surface area contributed by atoms with E-state index in [1.165, 1.54) is 0 Å². The molecule has 1 saturated carbocycles. The first-order chi connectivity index (χ1) is 7.26. The summed E-state index contributed by atoms with van der Waals surface area (Å²) in [5.41, 5.74) is 4.95. The van der Waals surface area contributed by atoms with Crippen LogP contribution in [0, 0.1) is 5.41 Å². The lowest BCUT2D eigenvalue weighted by Crippen LogP contribution is -2.54. The lowest BCUT2D eigenvalue weighted by molar-refractivity contribution is 0.0171. The van der Waals surface area contributed by atoms with Crippen LogP contribution in [0.15, 0.2) is 0 Å². The Hall–Kier alpha value is -0.810. The second kappa shape index (κ2) is 4.59. The smallest absolute Gasteiger partial charge is 0.407 e. The highest BCUT2D eigenvalue weighted by Crippen LogP contribution is 2.38. The summed E-state index contributed by atoms with van der Waals surface area (Å²) in [6, 6.07) is 0.146. The van der Waals surface area contributed by atoms with Crippen LogP contribution in [0.25, 0.3) is 0 Å². The molecule has 0 spiro atoms. The number of nitrogens with one attached hydrogen (secondary N) is 1. The summed E-state index contributed by atoms with van der Waals surface area (Å²) in [7, 11) is 0. The predicted molar refractivity (Wildman–Crippen MR) is 61.0 cm³/mol. The van der Waals surface area contributed by atoms with Gasteiger partial charge >= 0.3 is 6.09 Å². The molecule has 1 aliphatic rings. The number of alkyl carbamates (subject to hydrolysis) is 1. The number of ether oxygens (including phenoxy) is 1. The molecule has 0 aliphatic heterocycles. The predicted octanol–water partition coefficient (Wildman–Crippen LogP) is 0.611. The zero-order valence-corrected chi connectivity index (χ0v) is 10.2. The lowest BCUT2D eigenvalue weighted by atomic mass is 9.66. The largest absolute Gasteiger partial charge is 0.444 e. The molecule has 0 radical (unpaired) electrons. The van der Waals surface area contributed by atoms with Crippen LogP contribution in [0.2, 0.25) is 0 Å². The first kappa shape index (κ1) is 13.3. The van der Waals surface area contributed by atoms with Gasteiger partial charge in [0.1, 0.15) is 5.60 Å². The number of aliphatic hydroxyl groups excluding tert-OH is 1. The minimum Gasteiger partial charge on any atom is -0.444 e. The van der Waals surface area contributed by atoms with Crippen molar-refractivity contribution in [1.29, 1.82) is 0 Å². The minimum atomic E-state index is -0.494. The molecule has 0 saturated heterocycles. The number of carbonyl (C=O) groups is 1. The van der Waals surface area contributed by atoms with E-state index in [0.717, 1.165) is 12.8 Å². The third kappa shape index (κ3) is 3.64. The first-order valence-corrected chi connectivity index (χ1v) is 5.60. The third-order valence-corrected chi connectivity index (χ3v) is 2.73. The quantitative estimate of drug-likeness (QED) is 0.663. The van der Waals surface area contributed by atoms with Gasteiger partial charge in [-0.15, -0.1) is 0 Å². The van der Waals surface area contributed by atoms with E-state index in [9.17, 15) is 9.90 Å². The maximum Gasteiger partial charge on any atom is 0.407 e. The van der Waals surface area contributed by atoms with Gasteiger partial charge in [-0.1, -0.05) is 0 Å². The van der Waals surface area contributed by atoms with Crippen LogP contribution < -0.4 is 11.1 Å². The molecule has 1 amide bonds. The normalized spacial score (nSPS) is 29.4. The fraction of sp³-hybridized carbons (Fsp3) is 0.909. The monoisotopic (exact) mass is 230 g/mol. The van der Waals surface area contributed by atoms with Crippen molar-refractivity contribution in [2.24, 2.45) is 11.1 Å². The van der Waals surface area contributed by atoms with Gasteiger partial charge in [-0.25, -0.2) is 4.79 Å². The van der Waals surface area contributed by atoms with Gasteiger partial charge in [0.25, 0.3) is 0 Å². The Balaban J connectivity index is 2.31. The molecule has 0 atom stereocenters. The average molecular weight is 230 g/mol. The molecule has 0 aromatic rings. The summed E-state index contributed by atoms with van der Waals surface area (Å²) in [6.45, 7) is 5.91. The SMILES string of the molecule is CC(C)(C)OC(=O)NCC1(CO)CC(N)C1. The summed E-state index contributed by atoms with van der Waals surface area (Å²) >= 11 is 0. The molecule has 1 aliphatic carbocycles. The number of rotatable bonds is 3. The van der Waals surface area contributed by atoms with E-state index < -0.39 is 11.7 Å². The molecular weight excluding hydrogens is 208 g/mol. The van der Waals surface area contributed by atoms with E-state index in [1.54, 1.807) is 0 Å². The Morgan fingerprint density at radius 2 is 2.12 bits per heavy atom. The molecule has 16 heavy (non-hydrogen) atoms. The third-order valence-electron chi connectivity index (χ3n) is 2.73. The van der Waals surface area contributed by atoms with Crippen molar-refractivity contribution in [3.8, 4) is 0 Å². The van der Waals surface area contributed by atoms with Crippen LogP contribution in [-0.2, 0) is 4.74 Å². The Morgan fingerprint density at radius 3 is 2.50 bits per heavy atom. The molecule has 1 fully saturated rings. The Labute approximate surface area is 96.3 Å². The number of hydrogen-bond donors (Lipinski definition) is 3. The first-order valence-electron chi connectivity index (χ1n) is 5.60. The summed E-state index contributed by atoms with van der Waals surface area (Å²) in [5.74, 6) is 0. The fourth-order valence-corrected chi connectivity index (χ4v) is 1.96.